The number of para-hydroxylation sites is 1. The van der Waals surface area contributed by atoms with Gasteiger partial charge in [-0.3, -0.25) is 9.59 Å². The van der Waals surface area contributed by atoms with Gasteiger partial charge in [0.2, 0.25) is 10.0 Å². The lowest BCUT2D eigenvalue weighted by atomic mass is 10.2. The molecule has 0 fully saturated rings. The number of carbonyl (C=O) groups is 2. The van der Waals surface area contributed by atoms with Crippen LogP contribution in [0.1, 0.15) is 20.9 Å². The van der Waals surface area contributed by atoms with Crippen LogP contribution in [-0.4, -0.2) is 46.5 Å². The molecule has 0 unspecified atom stereocenters. The molecule has 174 valence electrons. The SMILES string of the molecule is O=C(NCCNC(=O)c1cc(S(=O)(=O)NCCOc2ccccc2)ccc1Cl)c1ccco1. The van der Waals surface area contributed by atoms with Crippen LogP contribution in [0.15, 0.2) is 76.2 Å². The van der Waals surface area contributed by atoms with E-state index < -0.39 is 21.8 Å². The van der Waals surface area contributed by atoms with Gasteiger partial charge < -0.3 is 19.8 Å². The Morgan fingerprint density at radius 3 is 2.33 bits per heavy atom. The molecule has 2 amide bonds. The number of amides is 2. The van der Waals surface area contributed by atoms with Crippen molar-refractivity contribution in [3.8, 4) is 5.75 Å². The second kappa shape index (κ2) is 11.5. The molecule has 3 aromatic rings. The van der Waals surface area contributed by atoms with E-state index in [0.29, 0.717) is 5.75 Å². The lowest BCUT2D eigenvalue weighted by molar-refractivity contribution is 0.0910. The van der Waals surface area contributed by atoms with Crippen molar-refractivity contribution in [3.63, 3.8) is 0 Å². The number of rotatable bonds is 11. The fourth-order valence-corrected chi connectivity index (χ4v) is 3.97. The Kier molecular flexibility index (Phi) is 8.47. The van der Waals surface area contributed by atoms with Crippen LogP contribution in [0.2, 0.25) is 5.02 Å². The third-order valence-corrected chi connectivity index (χ3v) is 6.13. The van der Waals surface area contributed by atoms with Crippen LogP contribution in [0.4, 0.5) is 0 Å². The predicted octanol–water partition coefficient (Wildman–Crippen LogP) is 2.45. The summed E-state index contributed by atoms with van der Waals surface area (Å²) in [4.78, 5) is 24.2. The Morgan fingerprint density at radius 1 is 0.909 bits per heavy atom. The maximum Gasteiger partial charge on any atom is 0.287 e. The second-order valence-corrected chi connectivity index (χ2v) is 8.86. The maximum atomic E-state index is 12.6. The van der Waals surface area contributed by atoms with Crippen LogP contribution in [0.5, 0.6) is 5.75 Å². The molecule has 1 aromatic heterocycles. The van der Waals surface area contributed by atoms with E-state index in [9.17, 15) is 18.0 Å². The number of carbonyl (C=O) groups excluding carboxylic acids is 2. The molecule has 11 heteroatoms. The Hall–Kier alpha value is -3.34. The first-order valence-corrected chi connectivity index (χ1v) is 11.8. The maximum absolute atomic E-state index is 12.6. The quantitative estimate of drug-likeness (QED) is 0.354. The fourth-order valence-electron chi connectivity index (χ4n) is 2.73. The number of hydrogen-bond donors (Lipinski definition) is 3. The number of furan rings is 1. The molecule has 9 nitrogen and oxygen atoms in total. The molecule has 0 saturated carbocycles. The monoisotopic (exact) mass is 491 g/mol. The van der Waals surface area contributed by atoms with Crippen molar-refractivity contribution in [3.05, 3.63) is 83.3 Å². The van der Waals surface area contributed by atoms with Crippen LogP contribution >= 0.6 is 11.6 Å². The van der Waals surface area contributed by atoms with Gasteiger partial charge in [-0.2, -0.15) is 0 Å². The van der Waals surface area contributed by atoms with Crippen molar-refractivity contribution in [1.82, 2.24) is 15.4 Å². The molecule has 0 atom stereocenters. The van der Waals surface area contributed by atoms with E-state index in [2.05, 4.69) is 15.4 Å². The molecular weight excluding hydrogens is 470 g/mol. The lowest BCUT2D eigenvalue weighted by Gasteiger charge is -2.11. The van der Waals surface area contributed by atoms with Gasteiger partial charge in [-0.1, -0.05) is 29.8 Å². The van der Waals surface area contributed by atoms with Gasteiger partial charge in [0.1, 0.15) is 12.4 Å². The number of halogens is 1. The molecule has 0 radical (unpaired) electrons. The van der Waals surface area contributed by atoms with Gasteiger partial charge >= 0.3 is 0 Å². The molecule has 33 heavy (non-hydrogen) atoms. The summed E-state index contributed by atoms with van der Waals surface area (Å²) in [5, 5.41) is 5.27. The average Bonchev–Trinajstić information content (AvgIpc) is 3.35. The average molecular weight is 492 g/mol. The zero-order chi connectivity index (χ0) is 23.7. The van der Waals surface area contributed by atoms with E-state index in [0.717, 1.165) is 0 Å². The molecular formula is C22H22ClN3O6S. The first-order valence-electron chi connectivity index (χ1n) is 9.94. The van der Waals surface area contributed by atoms with Gasteiger partial charge in [0.15, 0.2) is 5.76 Å². The first-order chi connectivity index (χ1) is 15.9. The highest BCUT2D eigenvalue weighted by Crippen LogP contribution is 2.20. The minimum Gasteiger partial charge on any atom is -0.492 e. The zero-order valence-electron chi connectivity index (χ0n) is 17.4. The number of sulfonamides is 1. The van der Waals surface area contributed by atoms with Crippen LogP contribution in [0, 0.1) is 0 Å². The van der Waals surface area contributed by atoms with Crippen molar-refractivity contribution in [2.45, 2.75) is 4.90 Å². The summed E-state index contributed by atoms with van der Waals surface area (Å²) in [7, 11) is -3.89. The highest BCUT2D eigenvalue weighted by atomic mass is 35.5. The van der Waals surface area contributed by atoms with Crippen molar-refractivity contribution < 1.29 is 27.2 Å². The van der Waals surface area contributed by atoms with Gasteiger partial charge in [-0.15, -0.1) is 0 Å². The van der Waals surface area contributed by atoms with E-state index in [1.54, 1.807) is 18.2 Å². The lowest BCUT2D eigenvalue weighted by Crippen LogP contribution is -2.34. The normalized spacial score (nSPS) is 11.1. The second-order valence-electron chi connectivity index (χ2n) is 6.69. The third kappa shape index (κ3) is 7.07. The highest BCUT2D eigenvalue weighted by Gasteiger charge is 2.18. The fraction of sp³-hybridized carbons (Fsp3) is 0.182. The molecule has 3 N–H and O–H groups in total. The molecule has 0 aliphatic carbocycles. The van der Waals surface area contributed by atoms with E-state index in [4.69, 9.17) is 20.8 Å². The van der Waals surface area contributed by atoms with Crippen molar-refractivity contribution in [1.29, 1.82) is 0 Å². The molecule has 2 aromatic carbocycles. The number of hydrogen-bond acceptors (Lipinski definition) is 6. The van der Waals surface area contributed by atoms with Crippen molar-refractivity contribution in [2.75, 3.05) is 26.2 Å². The van der Waals surface area contributed by atoms with Crippen LogP contribution < -0.4 is 20.1 Å². The Morgan fingerprint density at radius 2 is 1.64 bits per heavy atom. The van der Waals surface area contributed by atoms with Gasteiger partial charge in [-0.25, -0.2) is 13.1 Å². The van der Waals surface area contributed by atoms with Crippen LogP contribution in [-0.2, 0) is 10.0 Å². The van der Waals surface area contributed by atoms with Gasteiger partial charge in [0, 0.05) is 19.6 Å². The standard InChI is InChI=1S/C22H22ClN3O6S/c23-19-9-8-17(33(29,30)26-12-14-31-16-5-2-1-3-6-16)15-18(19)21(27)24-10-11-25-22(28)20-7-4-13-32-20/h1-9,13,15,26H,10-12,14H2,(H,24,27)(H,25,28). The third-order valence-electron chi connectivity index (χ3n) is 4.34. The summed E-state index contributed by atoms with van der Waals surface area (Å²) in [5.74, 6) is -0.203. The summed E-state index contributed by atoms with van der Waals surface area (Å²) in [6.45, 7) is 0.419. The molecule has 1 heterocycles. The first kappa shape index (κ1) is 24.3. The molecule has 3 rings (SSSR count). The minimum atomic E-state index is -3.89. The smallest absolute Gasteiger partial charge is 0.287 e. The number of nitrogens with one attached hydrogen (secondary N) is 3. The van der Waals surface area contributed by atoms with E-state index in [-0.39, 0.29) is 47.5 Å². The van der Waals surface area contributed by atoms with E-state index in [1.165, 1.54) is 30.5 Å². The van der Waals surface area contributed by atoms with Gasteiger partial charge in [0.05, 0.1) is 21.7 Å². The van der Waals surface area contributed by atoms with Crippen LogP contribution in [0.25, 0.3) is 0 Å². The van der Waals surface area contributed by atoms with Crippen LogP contribution in [0.3, 0.4) is 0 Å². The van der Waals surface area contributed by atoms with Crippen molar-refractivity contribution >= 4 is 33.4 Å². The summed E-state index contributed by atoms with van der Waals surface area (Å²) < 4.78 is 38.0. The van der Waals surface area contributed by atoms with Gasteiger partial charge in [0.25, 0.3) is 11.8 Å². The Balaban J connectivity index is 1.51. The van der Waals surface area contributed by atoms with E-state index >= 15 is 0 Å². The minimum absolute atomic E-state index is 0.00237. The zero-order valence-corrected chi connectivity index (χ0v) is 19.0. The molecule has 0 aliphatic heterocycles. The highest BCUT2D eigenvalue weighted by molar-refractivity contribution is 7.89. The summed E-state index contributed by atoms with van der Waals surface area (Å²) >= 11 is 6.09. The Bertz CT molecular complexity index is 1180. The summed E-state index contributed by atoms with van der Waals surface area (Å²) in [6.07, 6.45) is 1.38. The van der Waals surface area contributed by atoms with Gasteiger partial charge in [-0.05, 0) is 42.5 Å². The summed E-state index contributed by atoms with van der Waals surface area (Å²) in [5.41, 5.74) is -0.00237. The van der Waals surface area contributed by atoms with E-state index in [1.807, 2.05) is 18.2 Å². The van der Waals surface area contributed by atoms with Crippen molar-refractivity contribution in [2.24, 2.45) is 0 Å². The summed E-state index contributed by atoms with van der Waals surface area (Å²) in [6, 6.07) is 15.9. The number of benzene rings is 2. The predicted molar refractivity (Wildman–Crippen MR) is 122 cm³/mol. The number of ether oxygens (including phenoxy) is 1. The largest absolute Gasteiger partial charge is 0.492 e. The Labute approximate surface area is 196 Å². The topological polar surface area (TPSA) is 127 Å². The molecule has 0 saturated heterocycles. The molecule has 0 aliphatic rings. The molecule has 0 bridgehead atoms. The molecule has 0 spiro atoms.